The summed E-state index contributed by atoms with van der Waals surface area (Å²) < 4.78 is 18.7. The monoisotopic (exact) mass is 486 g/mol. The van der Waals surface area contributed by atoms with Crippen molar-refractivity contribution in [1.29, 1.82) is 0 Å². The highest BCUT2D eigenvalue weighted by atomic mass is 127. The van der Waals surface area contributed by atoms with Crippen molar-refractivity contribution in [1.82, 2.24) is 15.8 Å². The zero-order valence-electron chi connectivity index (χ0n) is 16.1. The largest absolute Gasteiger partial charge is 0.361 e. The molecule has 0 unspecified atom stereocenters. The second kappa shape index (κ2) is 9.52. The maximum absolute atomic E-state index is 13.5. The minimum Gasteiger partial charge on any atom is -0.361 e. The molecule has 1 aliphatic carbocycles. The number of nitrogens with one attached hydrogen (secondary N) is 2. The van der Waals surface area contributed by atoms with Crippen LogP contribution in [0.5, 0.6) is 0 Å². The third-order valence-electron chi connectivity index (χ3n) is 5.02. The summed E-state index contributed by atoms with van der Waals surface area (Å²) in [5, 5.41) is 10.6. The van der Waals surface area contributed by atoms with Crippen LogP contribution in [0.4, 0.5) is 4.39 Å². The number of benzene rings is 1. The quantitative estimate of drug-likeness (QED) is 0.355. The third kappa shape index (κ3) is 5.43. The lowest BCUT2D eigenvalue weighted by Crippen LogP contribution is -2.39. The highest BCUT2D eigenvalue weighted by Crippen LogP contribution is 2.48. The number of rotatable bonds is 7. The fourth-order valence-electron chi connectivity index (χ4n) is 3.24. The van der Waals surface area contributed by atoms with E-state index in [2.05, 4.69) is 15.8 Å². The van der Waals surface area contributed by atoms with Gasteiger partial charge in [0.2, 0.25) is 0 Å². The Morgan fingerprint density at radius 2 is 2.07 bits per heavy atom. The molecule has 0 bridgehead atoms. The van der Waals surface area contributed by atoms with E-state index in [-0.39, 0.29) is 35.2 Å². The molecule has 0 radical (unpaired) electrons. The molecule has 1 aromatic carbocycles. The fourth-order valence-corrected chi connectivity index (χ4v) is 3.24. The van der Waals surface area contributed by atoms with Gasteiger partial charge in [-0.25, -0.2) is 4.39 Å². The minimum absolute atomic E-state index is 0. The molecular formula is C20H28FIN4O. The zero-order valence-corrected chi connectivity index (χ0v) is 18.5. The van der Waals surface area contributed by atoms with Crippen LogP contribution in [0.1, 0.15) is 42.3 Å². The van der Waals surface area contributed by atoms with E-state index in [0.717, 1.165) is 60.9 Å². The highest BCUT2D eigenvalue weighted by molar-refractivity contribution is 14.0. The molecule has 5 nitrogen and oxygen atoms in total. The Labute approximate surface area is 177 Å². The van der Waals surface area contributed by atoms with Crippen LogP contribution in [0.25, 0.3) is 0 Å². The maximum Gasteiger partial charge on any atom is 0.191 e. The molecule has 1 saturated carbocycles. The van der Waals surface area contributed by atoms with Crippen molar-refractivity contribution in [3.63, 3.8) is 0 Å². The molecule has 1 heterocycles. The lowest BCUT2D eigenvalue weighted by atomic mass is 9.96. The summed E-state index contributed by atoms with van der Waals surface area (Å²) in [4.78, 5) is 4.75. The van der Waals surface area contributed by atoms with E-state index in [1.807, 2.05) is 26.8 Å². The number of aryl methyl sites for hydroxylation is 2. The number of halogens is 2. The molecule has 3 rings (SSSR count). The molecule has 0 aliphatic heterocycles. The summed E-state index contributed by atoms with van der Waals surface area (Å²) in [6, 6.07) is 6.91. The molecule has 0 atom stereocenters. The van der Waals surface area contributed by atoms with Crippen LogP contribution in [0.15, 0.2) is 33.8 Å². The van der Waals surface area contributed by atoms with Gasteiger partial charge < -0.3 is 15.2 Å². The van der Waals surface area contributed by atoms with E-state index in [4.69, 9.17) is 9.52 Å². The van der Waals surface area contributed by atoms with Gasteiger partial charge in [-0.1, -0.05) is 17.3 Å². The molecule has 1 aromatic heterocycles. The lowest BCUT2D eigenvalue weighted by molar-refractivity contribution is 0.392. The van der Waals surface area contributed by atoms with Gasteiger partial charge in [0.05, 0.1) is 12.2 Å². The average molecular weight is 486 g/mol. The molecule has 148 valence electrons. The molecule has 0 amide bonds. The second-order valence-corrected chi connectivity index (χ2v) is 6.97. The number of hydrogen-bond donors (Lipinski definition) is 2. The Kier molecular flexibility index (Phi) is 7.64. The van der Waals surface area contributed by atoms with Gasteiger partial charge in [0.1, 0.15) is 11.6 Å². The third-order valence-corrected chi connectivity index (χ3v) is 5.02. The van der Waals surface area contributed by atoms with E-state index in [0.29, 0.717) is 6.54 Å². The molecule has 0 saturated heterocycles. The van der Waals surface area contributed by atoms with Crippen molar-refractivity contribution in [3.8, 4) is 0 Å². The molecule has 0 spiro atoms. The van der Waals surface area contributed by atoms with E-state index in [1.54, 1.807) is 12.1 Å². The Morgan fingerprint density at radius 1 is 1.30 bits per heavy atom. The summed E-state index contributed by atoms with van der Waals surface area (Å²) in [7, 11) is 0. The van der Waals surface area contributed by atoms with Crippen molar-refractivity contribution < 1.29 is 8.91 Å². The number of hydrogen-bond acceptors (Lipinski definition) is 3. The Hall–Kier alpha value is -1.64. The number of guanidine groups is 1. The first kappa shape index (κ1) is 21.7. The first-order valence-electron chi connectivity index (χ1n) is 9.24. The zero-order chi connectivity index (χ0) is 18.6. The normalized spacial score (nSPS) is 15.2. The Bertz CT molecular complexity index is 767. The molecule has 1 aliphatic rings. The van der Waals surface area contributed by atoms with Gasteiger partial charge in [-0.15, -0.1) is 24.0 Å². The van der Waals surface area contributed by atoms with Crippen molar-refractivity contribution in [2.24, 2.45) is 4.99 Å². The summed E-state index contributed by atoms with van der Waals surface area (Å²) in [5.41, 5.74) is 3.13. The number of nitrogens with zero attached hydrogens (tertiary/aromatic N) is 2. The SMILES string of the molecule is CCNC(=NCC1(c2cccc(F)c2)CC1)NCCc1c(C)noc1C.I. The topological polar surface area (TPSA) is 62.5 Å². The van der Waals surface area contributed by atoms with E-state index >= 15 is 0 Å². The first-order valence-corrected chi connectivity index (χ1v) is 9.24. The predicted molar refractivity (Wildman–Crippen MR) is 116 cm³/mol. The molecule has 2 aromatic rings. The Balaban J connectivity index is 0.00000261. The number of aromatic nitrogens is 1. The Morgan fingerprint density at radius 3 is 2.67 bits per heavy atom. The highest BCUT2D eigenvalue weighted by Gasteiger charge is 2.44. The van der Waals surface area contributed by atoms with Crippen LogP contribution in [-0.2, 0) is 11.8 Å². The second-order valence-electron chi connectivity index (χ2n) is 6.97. The molecule has 27 heavy (non-hydrogen) atoms. The van der Waals surface area contributed by atoms with Crippen LogP contribution in [0.2, 0.25) is 0 Å². The summed E-state index contributed by atoms with van der Waals surface area (Å²) in [5.74, 6) is 1.48. The van der Waals surface area contributed by atoms with Crippen LogP contribution < -0.4 is 10.6 Å². The van der Waals surface area contributed by atoms with Gasteiger partial charge in [-0.2, -0.15) is 0 Å². The average Bonchev–Trinajstić information content (AvgIpc) is 3.35. The molecule has 1 fully saturated rings. The smallest absolute Gasteiger partial charge is 0.191 e. The summed E-state index contributed by atoms with van der Waals surface area (Å²) in [6.07, 6.45) is 2.94. The van der Waals surface area contributed by atoms with Gasteiger partial charge in [0.25, 0.3) is 0 Å². The van der Waals surface area contributed by atoms with E-state index in [1.165, 1.54) is 6.07 Å². The molecule has 7 heteroatoms. The van der Waals surface area contributed by atoms with Gasteiger partial charge in [-0.05, 0) is 57.7 Å². The summed E-state index contributed by atoms with van der Waals surface area (Å²) in [6.45, 7) is 8.15. The van der Waals surface area contributed by atoms with Crippen molar-refractivity contribution >= 4 is 29.9 Å². The molecular weight excluding hydrogens is 458 g/mol. The first-order chi connectivity index (χ1) is 12.5. The van der Waals surface area contributed by atoms with Gasteiger partial charge in [-0.3, -0.25) is 4.99 Å². The maximum atomic E-state index is 13.5. The van der Waals surface area contributed by atoms with E-state index < -0.39 is 0 Å². The van der Waals surface area contributed by atoms with Crippen molar-refractivity contribution in [3.05, 3.63) is 52.7 Å². The van der Waals surface area contributed by atoms with Crippen LogP contribution in [0.3, 0.4) is 0 Å². The van der Waals surface area contributed by atoms with Crippen LogP contribution in [0, 0.1) is 19.7 Å². The van der Waals surface area contributed by atoms with E-state index in [9.17, 15) is 4.39 Å². The predicted octanol–water partition coefficient (Wildman–Crippen LogP) is 3.88. The van der Waals surface area contributed by atoms with Crippen molar-refractivity contribution in [2.45, 2.75) is 45.4 Å². The van der Waals surface area contributed by atoms with Gasteiger partial charge >= 0.3 is 0 Å². The minimum atomic E-state index is -0.178. The van der Waals surface area contributed by atoms with Crippen LogP contribution in [-0.4, -0.2) is 30.8 Å². The number of aliphatic imine (C=N–C) groups is 1. The standard InChI is InChI=1S/C20H27FN4O.HI/c1-4-22-19(23-11-8-18-14(2)25-26-15(18)3)24-13-20(9-10-20)16-6-5-7-17(21)12-16;/h5-7,12H,4,8-11,13H2,1-3H3,(H2,22,23,24);1H. The van der Waals surface area contributed by atoms with Crippen molar-refractivity contribution in [2.75, 3.05) is 19.6 Å². The summed E-state index contributed by atoms with van der Waals surface area (Å²) >= 11 is 0. The van der Waals surface area contributed by atoms with Gasteiger partial charge in [0, 0.05) is 24.1 Å². The molecule has 2 N–H and O–H groups in total. The van der Waals surface area contributed by atoms with Gasteiger partial charge in [0.15, 0.2) is 5.96 Å². The lowest BCUT2D eigenvalue weighted by Gasteiger charge is -2.16. The fraction of sp³-hybridized carbons (Fsp3) is 0.500. The van der Waals surface area contributed by atoms with Crippen LogP contribution >= 0.6 is 24.0 Å².